The molecule has 2 aromatic carbocycles. The average Bonchev–Trinajstić information content (AvgIpc) is 2.81. The van der Waals surface area contributed by atoms with Crippen LogP contribution in [0.25, 0.3) is 10.8 Å². The number of hydrogen-bond acceptors (Lipinski definition) is 4. The first-order chi connectivity index (χ1) is 15.8. The lowest BCUT2D eigenvalue weighted by atomic mass is 9.99. The Morgan fingerprint density at radius 3 is 2.61 bits per heavy atom. The van der Waals surface area contributed by atoms with Gasteiger partial charge in [-0.1, -0.05) is 30.7 Å². The molecular formula is C24H30ClN3O4S. The Labute approximate surface area is 200 Å². The van der Waals surface area contributed by atoms with Crippen molar-refractivity contribution in [3.05, 3.63) is 41.4 Å². The highest BCUT2D eigenvalue weighted by Crippen LogP contribution is 2.24. The topological polar surface area (TPSA) is 86.8 Å². The van der Waals surface area contributed by atoms with Crippen LogP contribution in [0.4, 0.5) is 0 Å². The molecular weight excluding hydrogens is 462 g/mol. The summed E-state index contributed by atoms with van der Waals surface area (Å²) in [4.78, 5) is 29.5. The minimum absolute atomic E-state index is 0.00426. The van der Waals surface area contributed by atoms with Gasteiger partial charge in [0.05, 0.1) is 11.4 Å². The van der Waals surface area contributed by atoms with Gasteiger partial charge in [-0.05, 0) is 73.6 Å². The Kier molecular flexibility index (Phi) is 7.26. The van der Waals surface area contributed by atoms with Gasteiger partial charge in [0.2, 0.25) is 21.8 Å². The molecule has 0 bridgehead atoms. The van der Waals surface area contributed by atoms with Gasteiger partial charge in [-0.25, -0.2) is 8.42 Å². The number of halogens is 1. The Morgan fingerprint density at radius 2 is 1.82 bits per heavy atom. The first kappa shape index (κ1) is 24.0. The van der Waals surface area contributed by atoms with E-state index in [1.54, 1.807) is 30.3 Å². The molecule has 2 aromatic rings. The molecule has 2 fully saturated rings. The number of fused-ring (bicyclic) bond motifs is 1. The second kappa shape index (κ2) is 9.99. The minimum atomic E-state index is -3.91. The highest BCUT2D eigenvalue weighted by Gasteiger charge is 2.35. The summed E-state index contributed by atoms with van der Waals surface area (Å²) in [5.41, 5.74) is 0. The van der Waals surface area contributed by atoms with Crippen LogP contribution in [-0.2, 0) is 19.6 Å². The van der Waals surface area contributed by atoms with E-state index in [0.717, 1.165) is 43.0 Å². The zero-order chi connectivity index (χ0) is 23.6. The maximum atomic E-state index is 13.1. The molecule has 0 radical (unpaired) electrons. The second-order valence-electron chi connectivity index (χ2n) is 8.87. The molecule has 4 rings (SSSR count). The number of sulfonamides is 1. The molecule has 0 saturated carbocycles. The van der Waals surface area contributed by atoms with E-state index in [-0.39, 0.29) is 29.3 Å². The molecule has 1 N–H and O–H groups in total. The summed E-state index contributed by atoms with van der Waals surface area (Å²) in [6, 6.07) is 9.38. The molecule has 2 saturated heterocycles. The summed E-state index contributed by atoms with van der Waals surface area (Å²) >= 11 is 6.01. The number of hydrogen-bond donors (Lipinski definition) is 1. The summed E-state index contributed by atoms with van der Waals surface area (Å²) in [6.07, 6.45) is 5.05. The van der Waals surface area contributed by atoms with E-state index in [0.29, 0.717) is 24.4 Å². The highest BCUT2D eigenvalue weighted by molar-refractivity contribution is 7.89. The maximum absolute atomic E-state index is 13.1. The molecule has 2 aliphatic rings. The molecule has 2 aliphatic heterocycles. The predicted octanol–water partition coefficient (Wildman–Crippen LogP) is 3.55. The zero-order valence-electron chi connectivity index (χ0n) is 18.8. The van der Waals surface area contributed by atoms with Crippen molar-refractivity contribution in [1.82, 2.24) is 14.5 Å². The van der Waals surface area contributed by atoms with Crippen molar-refractivity contribution < 1.29 is 18.0 Å². The molecule has 0 aromatic heterocycles. The number of nitrogens with zero attached hydrogens (tertiary/aromatic N) is 2. The normalized spacial score (nSPS) is 22.1. The molecule has 178 valence electrons. The van der Waals surface area contributed by atoms with Gasteiger partial charge in [-0.2, -0.15) is 4.72 Å². The lowest BCUT2D eigenvalue weighted by molar-refractivity contribution is -0.145. The van der Waals surface area contributed by atoms with Gasteiger partial charge in [0.25, 0.3) is 0 Å². The zero-order valence-corrected chi connectivity index (χ0v) is 20.4. The molecule has 9 heteroatoms. The Bertz CT molecular complexity index is 1150. The van der Waals surface area contributed by atoms with Crippen molar-refractivity contribution in [3.8, 4) is 0 Å². The number of nitrogens with one attached hydrogen (secondary N) is 1. The number of rotatable bonds is 6. The standard InChI is InChI=1S/C24H30ClN3O4S/c1-2-20-6-3-4-13-28(20)23(29)16-27-12-5-7-22(24(27)30)26-33(31,32)21-11-9-17-14-19(25)10-8-18(17)15-21/h8-11,14-15,20,22,26H,2-7,12-13,16H2,1H3/t20?,22-/m0/s1. The fraction of sp³-hybridized carbons (Fsp3) is 0.500. The molecule has 7 nitrogen and oxygen atoms in total. The van der Waals surface area contributed by atoms with Crippen LogP contribution in [0, 0.1) is 0 Å². The van der Waals surface area contributed by atoms with E-state index in [1.165, 1.54) is 11.0 Å². The quantitative estimate of drug-likeness (QED) is 0.669. The van der Waals surface area contributed by atoms with Crippen molar-refractivity contribution in [2.45, 2.75) is 62.4 Å². The smallest absolute Gasteiger partial charge is 0.242 e. The average molecular weight is 492 g/mol. The summed E-state index contributed by atoms with van der Waals surface area (Å²) in [5, 5.41) is 2.16. The Morgan fingerprint density at radius 1 is 1.06 bits per heavy atom. The summed E-state index contributed by atoms with van der Waals surface area (Å²) in [5.74, 6) is -0.387. The first-order valence-electron chi connectivity index (χ1n) is 11.6. The third-order valence-electron chi connectivity index (χ3n) is 6.66. The van der Waals surface area contributed by atoms with Crippen LogP contribution in [0.5, 0.6) is 0 Å². The lowest BCUT2D eigenvalue weighted by Crippen LogP contribution is -2.55. The van der Waals surface area contributed by atoms with Gasteiger partial charge in [-0.3, -0.25) is 9.59 Å². The number of piperidine rings is 2. The van der Waals surface area contributed by atoms with E-state index in [4.69, 9.17) is 11.6 Å². The number of carbonyl (C=O) groups is 2. The lowest BCUT2D eigenvalue weighted by Gasteiger charge is -2.38. The van der Waals surface area contributed by atoms with Gasteiger partial charge in [0.15, 0.2) is 0 Å². The van der Waals surface area contributed by atoms with Crippen LogP contribution in [0.1, 0.15) is 45.4 Å². The number of amides is 2. The summed E-state index contributed by atoms with van der Waals surface area (Å²) in [7, 11) is -3.91. The van der Waals surface area contributed by atoms with Crippen LogP contribution < -0.4 is 4.72 Å². The van der Waals surface area contributed by atoms with Crippen LogP contribution in [0.3, 0.4) is 0 Å². The third-order valence-corrected chi connectivity index (χ3v) is 8.36. The molecule has 0 aliphatic carbocycles. The van der Waals surface area contributed by atoms with Gasteiger partial charge in [0, 0.05) is 24.2 Å². The summed E-state index contributed by atoms with van der Waals surface area (Å²) in [6.45, 7) is 3.27. The van der Waals surface area contributed by atoms with Crippen LogP contribution in [-0.4, -0.2) is 61.7 Å². The van der Waals surface area contributed by atoms with Crippen LogP contribution >= 0.6 is 11.6 Å². The minimum Gasteiger partial charge on any atom is -0.338 e. The predicted molar refractivity (Wildman–Crippen MR) is 129 cm³/mol. The van der Waals surface area contributed by atoms with E-state index in [1.807, 2.05) is 4.90 Å². The van der Waals surface area contributed by atoms with Gasteiger partial charge in [0.1, 0.15) is 6.04 Å². The molecule has 2 heterocycles. The Hall–Kier alpha value is -2.16. The van der Waals surface area contributed by atoms with Crippen molar-refractivity contribution in [2.75, 3.05) is 19.6 Å². The van der Waals surface area contributed by atoms with Crippen LogP contribution in [0.2, 0.25) is 5.02 Å². The van der Waals surface area contributed by atoms with Crippen LogP contribution in [0.15, 0.2) is 41.3 Å². The molecule has 0 spiro atoms. The van der Waals surface area contributed by atoms with Gasteiger partial charge in [-0.15, -0.1) is 0 Å². The number of likely N-dealkylation sites (tertiary alicyclic amines) is 2. The first-order valence-corrected chi connectivity index (χ1v) is 13.4. The largest absolute Gasteiger partial charge is 0.338 e. The highest BCUT2D eigenvalue weighted by atomic mass is 35.5. The Balaban J connectivity index is 1.45. The van der Waals surface area contributed by atoms with E-state index in [2.05, 4.69) is 11.6 Å². The second-order valence-corrected chi connectivity index (χ2v) is 11.0. The molecule has 1 unspecified atom stereocenters. The molecule has 2 atom stereocenters. The van der Waals surface area contributed by atoms with E-state index >= 15 is 0 Å². The fourth-order valence-electron chi connectivity index (χ4n) is 4.83. The summed E-state index contributed by atoms with van der Waals surface area (Å²) < 4.78 is 28.6. The molecule has 33 heavy (non-hydrogen) atoms. The number of benzene rings is 2. The van der Waals surface area contributed by atoms with Gasteiger partial charge >= 0.3 is 0 Å². The van der Waals surface area contributed by atoms with Crippen molar-refractivity contribution in [3.63, 3.8) is 0 Å². The van der Waals surface area contributed by atoms with Crippen molar-refractivity contribution in [2.24, 2.45) is 0 Å². The monoisotopic (exact) mass is 491 g/mol. The fourth-order valence-corrected chi connectivity index (χ4v) is 6.27. The van der Waals surface area contributed by atoms with E-state index < -0.39 is 16.1 Å². The van der Waals surface area contributed by atoms with Crippen molar-refractivity contribution >= 4 is 44.2 Å². The van der Waals surface area contributed by atoms with Crippen molar-refractivity contribution in [1.29, 1.82) is 0 Å². The SMILES string of the molecule is CCC1CCCCN1C(=O)CN1CCC[C@H](NS(=O)(=O)c2ccc3cc(Cl)ccc3c2)C1=O. The van der Waals surface area contributed by atoms with E-state index in [9.17, 15) is 18.0 Å². The maximum Gasteiger partial charge on any atom is 0.242 e. The van der Waals surface area contributed by atoms with Gasteiger partial charge < -0.3 is 9.80 Å². The molecule has 2 amide bonds. The number of carbonyl (C=O) groups excluding carboxylic acids is 2. The third kappa shape index (κ3) is 5.34.